The van der Waals surface area contributed by atoms with Gasteiger partial charge < -0.3 is 4.43 Å². The summed E-state index contributed by atoms with van der Waals surface area (Å²) in [5.74, 6) is 0. The Balaban J connectivity index is 3.02. The van der Waals surface area contributed by atoms with Gasteiger partial charge in [0.25, 0.3) is 0 Å². The summed E-state index contributed by atoms with van der Waals surface area (Å²) in [7, 11) is -1.57. The molecule has 0 aliphatic carbocycles. The van der Waals surface area contributed by atoms with Crippen LogP contribution in [0.15, 0.2) is 24.3 Å². The highest BCUT2D eigenvalue weighted by atomic mass is 79.9. The van der Waals surface area contributed by atoms with Crippen LogP contribution in [0, 0.1) is 0 Å². The van der Waals surface area contributed by atoms with E-state index in [1.165, 1.54) is 29.3 Å². The van der Waals surface area contributed by atoms with E-state index in [-0.39, 0.29) is 5.60 Å². The molecule has 0 saturated heterocycles. The third-order valence-electron chi connectivity index (χ3n) is 4.18. The van der Waals surface area contributed by atoms with Gasteiger partial charge in [-0.25, -0.2) is 0 Å². The molecule has 0 fully saturated rings. The van der Waals surface area contributed by atoms with E-state index in [4.69, 9.17) is 4.43 Å². The summed E-state index contributed by atoms with van der Waals surface area (Å²) in [5, 5.41) is 0.898. The van der Waals surface area contributed by atoms with Crippen molar-refractivity contribution in [3.05, 3.63) is 35.4 Å². The molecule has 0 spiro atoms. The first-order chi connectivity index (χ1) is 8.93. The van der Waals surface area contributed by atoms with Crippen LogP contribution in [0.3, 0.4) is 0 Å². The van der Waals surface area contributed by atoms with Crippen molar-refractivity contribution < 1.29 is 4.43 Å². The van der Waals surface area contributed by atoms with Gasteiger partial charge in [-0.15, -0.1) is 0 Å². The lowest BCUT2D eigenvalue weighted by Crippen LogP contribution is -2.43. The summed E-state index contributed by atoms with van der Waals surface area (Å²) in [6.07, 6.45) is 0. The summed E-state index contributed by atoms with van der Waals surface area (Å²) in [6, 6.07) is 12.3. The largest absolute Gasteiger partial charge is 0.408 e. The lowest BCUT2D eigenvalue weighted by molar-refractivity contribution is 0.0940. The van der Waals surface area contributed by atoms with Crippen LogP contribution in [-0.4, -0.2) is 8.32 Å². The molecule has 1 nitrogen and oxygen atoms in total. The molecule has 0 aliphatic rings. The van der Waals surface area contributed by atoms with E-state index < -0.39 is 8.32 Å². The molecule has 0 saturated carbocycles. The number of benzene rings is 1. The third-order valence-corrected chi connectivity index (χ3v) is 9.64. The molecule has 0 radical (unpaired) electrons. The predicted molar refractivity (Wildman–Crippen MR) is 90.4 cm³/mol. The van der Waals surface area contributed by atoms with E-state index in [2.05, 4.69) is 74.8 Å². The molecular weight excluding hydrogens is 316 g/mol. The molecule has 3 heteroatoms. The molecule has 0 atom stereocenters. The maximum absolute atomic E-state index is 6.68. The Labute approximate surface area is 128 Å². The van der Waals surface area contributed by atoms with Crippen molar-refractivity contribution in [3.63, 3.8) is 0 Å². The van der Waals surface area contributed by atoms with Gasteiger partial charge in [0.15, 0.2) is 8.32 Å². The fourth-order valence-electron chi connectivity index (χ4n) is 2.60. The van der Waals surface area contributed by atoms with Crippen molar-refractivity contribution in [3.8, 4) is 0 Å². The summed E-state index contributed by atoms with van der Waals surface area (Å²) in [4.78, 5) is 0. The highest BCUT2D eigenvalue weighted by Gasteiger charge is 2.36. The standard InChI is InChI=1S/C16H27BrOSi/c1-6-19(7-2,8-3)18-16(4,5)15-11-9-10-14(12-15)13-17/h9-12H,6-8,13H2,1-5H3. The van der Waals surface area contributed by atoms with E-state index in [1.807, 2.05) is 0 Å². The van der Waals surface area contributed by atoms with Crippen LogP contribution in [0.1, 0.15) is 45.7 Å². The number of halogens is 1. The molecule has 0 amide bonds. The summed E-state index contributed by atoms with van der Waals surface area (Å²) >= 11 is 3.53. The molecule has 0 aromatic heterocycles. The van der Waals surface area contributed by atoms with Gasteiger partial charge in [0, 0.05) is 5.33 Å². The highest BCUT2D eigenvalue weighted by Crippen LogP contribution is 2.34. The molecule has 1 aromatic carbocycles. The Hall–Kier alpha value is -0.123. The predicted octanol–water partition coefficient (Wildman–Crippen LogP) is 5.84. The van der Waals surface area contributed by atoms with Gasteiger partial charge in [0.1, 0.15) is 0 Å². The average molecular weight is 343 g/mol. The number of hydrogen-bond donors (Lipinski definition) is 0. The maximum Gasteiger partial charge on any atom is 0.193 e. The molecule has 0 aliphatic heterocycles. The first-order valence-electron chi connectivity index (χ1n) is 7.28. The Bertz CT molecular complexity index is 391. The van der Waals surface area contributed by atoms with Crippen molar-refractivity contribution >= 4 is 24.2 Å². The Kier molecular flexibility index (Phi) is 6.28. The molecule has 1 rings (SSSR count). The second-order valence-electron chi connectivity index (χ2n) is 5.69. The van der Waals surface area contributed by atoms with Crippen LogP contribution in [0.2, 0.25) is 18.1 Å². The maximum atomic E-state index is 6.68. The normalized spacial score (nSPS) is 12.7. The SMILES string of the molecule is CC[Si](CC)(CC)OC(C)(C)c1cccc(CBr)c1. The van der Waals surface area contributed by atoms with Crippen LogP contribution in [0.5, 0.6) is 0 Å². The molecule has 108 valence electrons. The van der Waals surface area contributed by atoms with Gasteiger partial charge in [0.05, 0.1) is 5.60 Å². The van der Waals surface area contributed by atoms with Gasteiger partial charge in [0.2, 0.25) is 0 Å². The van der Waals surface area contributed by atoms with Gasteiger partial charge in [-0.05, 0) is 43.1 Å². The summed E-state index contributed by atoms with van der Waals surface area (Å²) in [5.41, 5.74) is 2.41. The minimum absolute atomic E-state index is 0.188. The molecule has 1 aromatic rings. The molecular formula is C16H27BrOSi. The van der Waals surface area contributed by atoms with Crippen LogP contribution in [0.4, 0.5) is 0 Å². The Morgan fingerprint density at radius 1 is 1.11 bits per heavy atom. The molecule has 0 N–H and O–H groups in total. The van der Waals surface area contributed by atoms with E-state index in [9.17, 15) is 0 Å². The van der Waals surface area contributed by atoms with Gasteiger partial charge in [-0.3, -0.25) is 0 Å². The van der Waals surface area contributed by atoms with E-state index in [0.717, 1.165) is 5.33 Å². The molecule has 19 heavy (non-hydrogen) atoms. The third kappa shape index (κ3) is 4.17. The van der Waals surface area contributed by atoms with Gasteiger partial charge in [-0.2, -0.15) is 0 Å². The van der Waals surface area contributed by atoms with Crippen molar-refractivity contribution in [2.24, 2.45) is 0 Å². The monoisotopic (exact) mass is 342 g/mol. The smallest absolute Gasteiger partial charge is 0.193 e. The second-order valence-corrected chi connectivity index (χ2v) is 10.9. The zero-order chi connectivity index (χ0) is 14.5. The topological polar surface area (TPSA) is 9.23 Å². The lowest BCUT2D eigenvalue weighted by Gasteiger charge is -2.38. The Morgan fingerprint density at radius 3 is 2.16 bits per heavy atom. The second kappa shape index (κ2) is 7.05. The number of hydrogen-bond acceptors (Lipinski definition) is 1. The number of alkyl halides is 1. The van der Waals surface area contributed by atoms with Gasteiger partial charge >= 0.3 is 0 Å². The van der Waals surface area contributed by atoms with Crippen LogP contribution >= 0.6 is 15.9 Å². The lowest BCUT2D eigenvalue weighted by atomic mass is 9.97. The van der Waals surface area contributed by atoms with Crippen LogP contribution in [-0.2, 0) is 15.4 Å². The molecule has 0 heterocycles. The van der Waals surface area contributed by atoms with Crippen molar-refractivity contribution in [1.82, 2.24) is 0 Å². The van der Waals surface area contributed by atoms with Crippen molar-refractivity contribution in [2.75, 3.05) is 0 Å². The zero-order valence-electron chi connectivity index (χ0n) is 12.9. The minimum atomic E-state index is -1.57. The summed E-state index contributed by atoms with van der Waals surface area (Å²) in [6.45, 7) is 11.3. The van der Waals surface area contributed by atoms with Crippen molar-refractivity contribution in [1.29, 1.82) is 0 Å². The average Bonchev–Trinajstić information content (AvgIpc) is 2.45. The Morgan fingerprint density at radius 2 is 1.68 bits per heavy atom. The number of rotatable bonds is 7. The van der Waals surface area contributed by atoms with Gasteiger partial charge in [-0.1, -0.05) is 61.0 Å². The van der Waals surface area contributed by atoms with Crippen molar-refractivity contribution in [2.45, 2.75) is 63.7 Å². The molecule has 0 bridgehead atoms. The molecule has 0 unspecified atom stereocenters. The fourth-order valence-corrected chi connectivity index (χ4v) is 6.08. The van der Waals surface area contributed by atoms with E-state index in [0.29, 0.717) is 0 Å². The first-order valence-corrected chi connectivity index (χ1v) is 10.9. The van der Waals surface area contributed by atoms with Crippen LogP contribution in [0.25, 0.3) is 0 Å². The fraction of sp³-hybridized carbons (Fsp3) is 0.625. The van der Waals surface area contributed by atoms with E-state index in [1.54, 1.807) is 0 Å². The minimum Gasteiger partial charge on any atom is -0.408 e. The highest BCUT2D eigenvalue weighted by molar-refractivity contribution is 9.08. The van der Waals surface area contributed by atoms with Crippen LogP contribution < -0.4 is 0 Å². The zero-order valence-corrected chi connectivity index (χ0v) is 15.5. The first kappa shape index (κ1) is 16.9. The summed E-state index contributed by atoms with van der Waals surface area (Å²) < 4.78 is 6.68. The van der Waals surface area contributed by atoms with E-state index >= 15 is 0 Å². The quantitative estimate of drug-likeness (QED) is 0.446.